The molecular formula is C10H15F2N3O2. The van der Waals surface area contributed by atoms with Crippen LogP contribution in [-0.2, 0) is 11.3 Å². The third-order valence-electron chi connectivity index (χ3n) is 2.78. The second kappa shape index (κ2) is 5.07. The minimum Gasteiger partial charge on any atom is -0.386 e. The van der Waals surface area contributed by atoms with Crippen molar-refractivity contribution >= 4 is 0 Å². The number of rotatable bonds is 5. The molecule has 1 aliphatic rings. The van der Waals surface area contributed by atoms with Crippen molar-refractivity contribution in [3.63, 3.8) is 0 Å². The van der Waals surface area contributed by atoms with E-state index < -0.39 is 12.2 Å². The van der Waals surface area contributed by atoms with Crippen LogP contribution in [0.5, 0.6) is 0 Å². The fourth-order valence-electron chi connectivity index (χ4n) is 1.80. The van der Waals surface area contributed by atoms with Crippen LogP contribution in [0.1, 0.15) is 18.8 Å². The van der Waals surface area contributed by atoms with Gasteiger partial charge < -0.3 is 15.2 Å². The van der Waals surface area contributed by atoms with Crippen molar-refractivity contribution in [2.24, 2.45) is 0 Å². The molecule has 5 nitrogen and oxygen atoms in total. The lowest BCUT2D eigenvalue weighted by molar-refractivity contribution is 0.0261. The Kier molecular flexibility index (Phi) is 3.70. The maximum atomic E-state index is 12.5. The van der Waals surface area contributed by atoms with Crippen molar-refractivity contribution < 1.29 is 18.6 Å². The SMILES string of the molecule is OC1(CNCc2nccn2C(F)F)CCOC1. The van der Waals surface area contributed by atoms with Gasteiger partial charge in [0.1, 0.15) is 11.4 Å². The van der Waals surface area contributed by atoms with Crippen molar-refractivity contribution in [3.8, 4) is 0 Å². The third kappa shape index (κ3) is 2.99. The van der Waals surface area contributed by atoms with E-state index in [1.54, 1.807) is 0 Å². The van der Waals surface area contributed by atoms with E-state index >= 15 is 0 Å². The van der Waals surface area contributed by atoms with E-state index in [4.69, 9.17) is 4.74 Å². The lowest BCUT2D eigenvalue weighted by atomic mass is 10.0. The number of halogens is 2. The summed E-state index contributed by atoms with van der Waals surface area (Å²) < 4.78 is 30.9. The van der Waals surface area contributed by atoms with E-state index in [9.17, 15) is 13.9 Å². The smallest absolute Gasteiger partial charge is 0.319 e. The summed E-state index contributed by atoms with van der Waals surface area (Å²) in [5.74, 6) is 0.252. The molecule has 0 aliphatic carbocycles. The highest BCUT2D eigenvalue weighted by atomic mass is 19.3. The minimum atomic E-state index is -2.59. The van der Waals surface area contributed by atoms with Crippen LogP contribution in [0.25, 0.3) is 0 Å². The van der Waals surface area contributed by atoms with E-state index in [0.717, 1.165) is 4.57 Å². The molecule has 17 heavy (non-hydrogen) atoms. The predicted molar refractivity (Wildman–Crippen MR) is 55.6 cm³/mol. The normalized spacial score (nSPS) is 24.7. The number of alkyl halides is 2. The number of ether oxygens (including phenoxy) is 1. The van der Waals surface area contributed by atoms with Gasteiger partial charge in [0.2, 0.25) is 0 Å². The Bertz CT molecular complexity index is 364. The molecular weight excluding hydrogens is 232 g/mol. The average molecular weight is 247 g/mol. The van der Waals surface area contributed by atoms with Gasteiger partial charge in [0.05, 0.1) is 13.2 Å². The Labute approximate surface area is 97.4 Å². The number of nitrogens with one attached hydrogen (secondary N) is 1. The molecule has 2 N–H and O–H groups in total. The standard InChI is InChI=1S/C10H15F2N3O2/c11-9(12)15-3-2-14-8(15)5-13-6-10(16)1-4-17-7-10/h2-3,9,13,16H,1,4-7H2. The zero-order valence-corrected chi connectivity index (χ0v) is 9.27. The zero-order valence-electron chi connectivity index (χ0n) is 9.27. The molecule has 7 heteroatoms. The number of hydrogen-bond acceptors (Lipinski definition) is 4. The molecule has 0 saturated carbocycles. The lowest BCUT2D eigenvalue weighted by Gasteiger charge is -2.20. The Morgan fingerprint density at radius 3 is 3.12 bits per heavy atom. The molecule has 1 aliphatic heterocycles. The molecule has 1 atom stereocenters. The highest BCUT2D eigenvalue weighted by Crippen LogP contribution is 2.17. The predicted octanol–water partition coefficient (Wildman–Crippen LogP) is 0.519. The summed E-state index contributed by atoms with van der Waals surface area (Å²) in [6, 6.07) is 0. The molecule has 0 aromatic carbocycles. The largest absolute Gasteiger partial charge is 0.386 e. The van der Waals surface area contributed by atoms with Crippen LogP contribution in [0.3, 0.4) is 0 Å². The van der Waals surface area contributed by atoms with Crippen molar-refractivity contribution in [2.45, 2.75) is 25.1 Å². The van der Waals surface area contributed by atoms with Crippen molar-refractivity contribution in [1.82, 2.24) is 14.9 Å². The quantitative estimate of drug-likeness (QED) is 0.796. The van der Waals surface area contributed by atoms with E-state index in [0.29, 0.717) is 19.6 Å². The summed E-state index contributed by atoms with van der Waals surface area (Å²) in [4.78, 5) is 3.83. The van der Waals surface area contributed by atoms with E-state index in [2.05, 4.69) is 10.3 Å². The van der Waals surface area contributed by atoms with Crippen LogP contribution in [0.4, 0.5) is 8.78 Å². The zero-order chi connectivity index (χ0) is 12.3. The van der Waals surface area contributed by atoms with Gasteiger partial charge in [-0.05, 0) is 0 Å². The van der Waals surface area contributed by atoms with Gasteiger partial charge in [-0.15, -0.1) is 0 Å². The summed E-state index contributed by atoms with van der Waals surface area (Å²) in [6.45, 7) is -1.28. The Morgan fingerprint density at radius 2 is 2.47 bits per heavy atom. The van der Waals surface area contributed by atoms with Crippen LogP contribution in [-0.4, -0.2) is 40.0 Å². The first-order valence-electron chi connectivity index (χ1n) is 5.41. The molecule has 0 radical (unpaired) electrons. The lowest BCUT2D eigenvalue weighted by Crippen LogP contribution is -2.41. The maximum absolute atomic E-state index is 12.5. The highest BCUT2D eigenvalue weighted by molar-refractivity contribution is 4.93. The number of nitrogens with zero attached hydrogens (tertiary/aromatic N) is 2. The molecule has 1 unspecified atom stereocenters. The average Bonchev–Trinajstić information content (AvgIpc) is 2.87. The van der Waals surface area contributed by atoms with Gasteiger partial charge >= 0.3 is 6.55 Å². The first-order chi connectivity index (χ1) is 8.11. The number of hydrogen-bond donors (Lipinski definition) is 2. The van der Waals surface area contributed by atoms with Gasteiger partial charge in [-0.25, -0.2) is 4.98 Å². The summed E-state index contributed by atoms with van der Waals surface area (Å²) in [6.07, 6.45) is 3.12. The van der Waals surface area contributed by atoms with E-state index in [-0.39, 0.29) is 19.0 Å². The van der Waals surface area contributed by atoms with Crippen LogP contribution in [0.2, 0.25) is 0 Å². The van der Waals surface area contributed by atoms with Crippen molar-refractivity contribution in [2.75, 3.05) is 19.8 Å². The maximum Gasteiger partial charge on any atom is 0.319 e. The monoisotopic (exact) mass is 247 g/mol. The molecule has 1 aromatic rings. The molecule has 2 heterocycles. The first kappa shape index (κ1) is 12.4. The molecule has 1 saturated heterocycles. The van der Waals surface area contributed by atoms with E-state index in [1.807, 2.05) is 0 Å². The van der Waals surface area contributed by atoms with Gasteiger partial charge in [0.15, 0.2) is 0 Å². The van der Waals surface area contributed by atoms with E-state index in [1.165, 1.54) is 12.4 Å². The number of aromatic nitrogens is 2. The number of aliphatic hydroxyl groups is 1. The second-order valence-corrected chi connectivity index (χ2v) is 4.16. The second-order valence-electron chi connectivity index (χ2n) is 4.16. The molecule has 1 aromatic heterocycles. The molecule has 0 bridgehead atoms. The van der Waals surface area contributed by atoms with Gasteiger partial charge in [0, 0.05) is 32.0 Å². The topological polar surface area (TPSA) is 59.3 Å². The summed E-state index contributed by atoms with van der Waals surface area (Å²) in [5, 5.41) is 12.9. The summed E-state index contributed by atoms with van der Waals surface area (Å²) >= 11 is 0. The third-order valence-corrected chi connectivity index (χ3v) is 2.78. The molecule has 0 spiro atoms. The molecule has 1 fully saturated rings. The Hall–Kier alpha value is -1.05. The molecule has 96 valence electrons. The van der Waals surface area contributed by atoms with Crippen LogP contribution in [0, 0.1) is 0 Å². The Morgan fingerprint density at radius 1 is 1.65 bits per heavy atom. The fraction of sp³-hybridized carbons (Fsp3) is 0.700. The summed E-state index contributed by atoms with van der Waals surface area (Å²) in [5.41, 5.74) is -0.887. The fourth-order valence-corrected chi connectivity index (χ4v) is 1.80. The van der Waals surface area contributed by atoms with Crippen molar-refractivity contribution in [1.29, 1.82) is 0 Å². The molecule has 2 rings (SSSR count). The number of imidazole rings is 1. The van der Waals surface area contributed by atoms with Gasteiger partial charge in [-0.1, -0.05) is 0 Å². The minimum absolute atomic E-state index is 0.194. The van der Waals surface area contributed by atoms with Crippen LogP contribution >= 0.6 is 0 Å². The van der Waals surface area contributed by atoms with Crippen molar-refractivity contribution in [3.05, 3.63) is 18.2 Å². The van der Waals surface area contributed by atoms with Crippen LogP contribution < -0.4 is 5.32 Å². The highest BCUT2D eigenvalue weighted by Gasteiger charge is 2.31. The summed E-state index contributed by atoms with van der Waals surface area (Å²) in [7, 11) is 0. The van der Waals surface area contributed by atoms with Gasteiger partial charge in [-0.3, -0.25) is 4.57 Å². The van der Waals surface area contributed by atoms with Crippen LogP contribution in [0.15, 0.2) is 12.4 Å². The van der Waals surface area contributed by atoms with Gasteiger partial charge in [-0.2, -0.15) is 8.78 Å². The van der Waals surface area contributed by atoms with Gasteiger partial charge in [0.25, 0.3) is 0 Å². The first-order valence-corrected chi connectivity index (χ1v) is 5.41. The Balaban J connectivity index is 1.83. The molecule has 0 amide bonds.